The van der Waals surface area contributed by atoms with Gasteiger partial charge in [0.25, 0.3) is 0 Å². The third kappa shape index (κ3) is 2.50. The molecule has 0 saturated carbocycles. The molecule has 1 atom stereocenters. The topological polar surface area (TPSA) is 0 Å². The van der Waals surface area contributed by atoms with Gasteiger partial charge >= 0.3 is 0 Å². The minimum atomic E-state index is 0.455. The highest BCUT2D eigenvalue weighted by Crippen LogP contribution is 2.35. The molecule has 0 heterocycles. The number of hydrogen-bond acceptors (Lipinski definition) is 0. The van der Waals surface area contributed by atoms with Gasteiger partial charge in [0.1, 0.15) is 0 Å². The van der Waals surface area contributed by atoms with Crippen LogP contribution in [0.2, 0.25) is 0 Å². The monoisotopic (exact) mass is 258 g/mol. The Kier molecular flexibility index (Phi) is 3.64. The summed E-state index contributed by atoms with van der Waals surface area (Å²) in [5, 5.41) is 0. The first kappa shape index (κ1) is 12.7. The number of fused-ring (bicyclic) bond motifs is 1. The lowest BCUT2D eigenvalue weighted by Crippen LogP contribution is -2.03. The SMILES string of the molecule is C=CCC1C=C/C(=C\c2ccccc2)c2ccccc21. The van der Waals surface area contributed by atoms with Gasteiger partial charge in [-0.3, -0.25) is 0 Å². The van der Waals surface area contributed by atoms with Crippen molar-refractivity contribution in [3.8, 4) is 0 Å². The molecule has 0 saturated heterocycles. The van der Waals surface area contributed by atoms with Crippen molar-refractivity contribution in [2.24, 2.45) is 0 Å². The molecule has 98 valence electrons. The van der Waals surface area contributed by atoms with Crippen LogP contribution in [0, 0.1) is 0 Å². The Morgan fingerprint density at radius 3 is 2.50 bits per heavy atom. The molecular weight excluding hydrogens is 240 g/mol. The smallest absolute Gasteiger partial charge is 0.00618 e. The van der Waals surface area contributed by atoms with Gasteiger partial charge in [0.05, 0.1) is 0 Å². The summed E-state index contributed by atoms with van der Waals surface area (Å²) in [6.45, 7) is 3.87. The van der Waals surface area contributed by atoms with E-state index in [0.29, 0.717) is 5.92 Å². The summed E-state index contributed by atoms with van der Waals surface area (Å²) in [4.78, 5) is 0. The van der Waals surface area contributed by atoms with Crippen LogP contribution in [-0.2, 0) is 0 Å². The zero-order chi connectivity index (χ0) is 13.8. The summed E-state index contributed by atoms with van der Waals surface area (Å²) < 4.78 is 0. The molecule has 0 amide bonds. The van der Waals surface area contributed by atoms with Crippen molar-refractivity contribution in [2.75, 3.05) is 0 Å². The van der Waals surface area contributed by atoms with E-state index in [1.54, 1.807) is 0 Å². The fourth-order valence-electron chi connectivity index (χ4n) is 2.74. The third-order valence-corrected chi connectivity index (χ3v) is 3.72. The van der Waals surface area contributed by atoms with E-state index >= 15 is 0 Å². The van der Waals surface area contributed by atoms with Gasteiger partial charge in [-0.05, 0) is 34.8 Å². The van der Waals surface area contributed by atoms with Crippen LogP contribution in [0.5, 0.6) is 0 Å². The second-order valence-corrected chi connectivity index (χ2v) is 5.09. The molecule has 1 aliphatic rings. The Labute approximate surface area is 120 Å². The van der Waals surface area contributed by atoms with Crippen molar-refractivity contribution < 1.29 is 0 Å². The van der Waals surface area contributed by atoms with Gasteiger partial charge in [0, 0.05) is 5.92 Å². The summed E-state index contributed by atoms with van der Waals surface area (Å²) in [6, 6.07) is 19.1. The zero-order valence-corrected chi connectivity index (χ0v) is 11.5. The lowest BCUT2D eigenvalue weighted by atomic mass is 9.83. The highest BCUT2D eigenvalue weighted by Gasteiger charge is 2.17. The van der Waals surface area contributed by atoms with Crippen molar-refractivity contribution in [1.29, 1.82) is 0 Å². The van der Waals surface area contributed by atoms with Gasteiger partial charge in [0.15, 0.2) is 0 Å². The molecule has 0 radical (unpaired) electrons. The molecule has 0 aromatic heterocycles. The van der Waals surface area contributed by atoms with Crippen LogP contribution in [0.3, 0.4) is 0 Å². The van der Waals surface area contributed by atoms with E-state index in [0.717, 1.165) is 6.42 Å². The molecule has 1 unspecified atom stereocenters. The Bertz CT molecular complexity index is 659. The summed E-state index contributed by atoms with van der Waals surface area (Å²) in [6.07, 6.45) is 9.77. The maximum atomic E-state index is 3.87. The van der Waals surface area contributed by atoms with Crippen molar-refractivity contribution in [1.82, 2.24) is 0 Å². The van der Waals surface area contributed by atoms with Crippen LogP contribution >= 0.6 is 0 Å². The fourth-order valence-corrected chi connectivity index (χ4v) is 2.74. The van der Waals surface area contributed by atoms with E-state index in [-0.39, 0.29) is 0 Å². The summed E-state index contributed by atoms with van der Waals surface area (Å²) >= 11 is 0. The number of hydrogen-bond donors (Lipinski definition) is 0. The standard InChI is InChI=1S/C20H18/c1-2-8-17-13-14-18(15-16-9-4-3-5-10-16)20-12-7-6-11-19(17)20/h2-7,9-15,17H,1,8H2/b18-15+. The van der Waals surface area contributed by atoms with Gasteiger partial charge in [0.2, 0.25) is 0 Å². The van der Waals surface area contributed by atoms with Crippen LogP contribution in [0.4, 0.5) is 0 Å². The van der Waals surface area contributed by atoms with Gasteiger partial charge in [-0.2, -0.15) is 0 Å². The molecule has 3 rings (SSSR count). The average Bonchev–Trinajstić information content (AvgIpc) is 2.51. The molecule has 0 nitrogen and oxygen atoms in total. The van der Waals surface area contributed by atoms with Crippen LogP contribution < -0.4 is 0 Å². The van der Waals surface area contributed by atoms with Crippen molar-refractivity contribution >= 4 is 11.6 Å². The molecule has 2 aromatic rings. The molecule has 0 bridgehead atoms. The van der Waals surface area contributed by atoms with E-state index in [2.05, 4.69) is 73.3 Å². The second-order valence-electron chi connectivity index (χ2n) is 5.09. The molecule has 0 N–H and O–H groups in total. The van der Waals surface area contributed by atoms with E-state index < -0.39 is 0 Å². The molecule has 0 spiro atoms. The molecule has 20 heavy (non-hydrogen) atoms. The van der Waals surface area contributed by atoms with Crippen molar-refractivity contribution in [3.63, 3.8) is 0 Å². The molecule has 1 aliphatic carbocycles. The van der Waals surface area contributed by atoms with Gasteiger partial charge in [-0.25, -0.2) is 0 Å². The Morgan fingerprint density at radius 2 is 1.70 bits per heavy atom. The van der Waals surface area contributed by atoms with Crippen LogP contribution in [-0.4, -0.2) is 0 Å². The fraction of sp³-hybridized carbons (Fsp3) is 0.100. The Balaban J connectivity index is 2.05. The number of rotatable bonds is 3. The summed E-state index contributed by atoms with van der Waals surface area (Å²) in [7, 11) is 0. The van der Waals surface area contributed by atoms with Crippen LogP contribution in [0.15, 0.2) is 79.4 Å². The molecule has 2 aromatic carbocycles. The average molecular weight is 258 g/mol. The lowest BCUT2D eigenvalue weighted by molar-refractivity contribution is 0.856. The lowest BCUT2D eigenvalue weighted by Gasteiger charge is -2.21. The van der Waals surface area contributed by atoms with Gasteiger partial charge in [-0.1, -0.05) is 72.8 Å². The second kappa shape index (κ2) is 5.75. The minimum absolute atomic E-state index is 0.455. The number of allylic oxidation sites excluding steroid dienone is 4. The predicted molar refractivity (Wildman–Crippen MR) is 87.5 cm³/mol. The van der Waals surface area contributed by atoms with E-state index in [1.807, 2.05) is 12.1 Å². The first-order valence-corrected chi connectivity index (χ1v) is 7.03. The summed E-state index contributed by atoms with van der Waals surface area (Å²) in [5.41, 5.74) is 5.26. The highest BCUT2D eigenvalue weighted by molar-refractivity contribution is 5.90. The summed E-state index contributed by atoms with van der Waals surface area (Å²) in [5.74, 6) is 0.455. The molecule has 0 heteroatoms. The van der Waals surface area contributed by atoms with Gasteiger partial charge < -0.3 is 0 Å². The maximum absolute atomic E-state index is 3.87. The van der Waals surface area contributed by atoms with Crippen molar-refractivity contribution in [3.05, 3.63) is 96.1 Å². The third-order valence-electron chi connectivity index (χ3n) is 3.72. The quantitative estimate of drug-likeness (QED) is 0.641. The van der Waals surface area contributed by atoms with E-state index in [9.17, 15) is 0 Å². The first-order chi connectivity index (χ1) is 9.88. The van der Waals surface area contributed by atoms with Crippen LogP contribution in [0.25, 0.3) is 11.6 Å². The first-order valence-electron chi connectivity index (χ1n) is 7.03. The highest BCUT2D eigenvalue weighted by atomic mass is 14.2. The van der Waals surface area contributed by atoms with E-state index in [4.69, 9.17) is 0 Å². The number of benzene rings is 2. The molecule has 0 aliphatic heterocycles. The Morgan fingerprint density at radius 1 is 0.950 bits per heavy atom. The van der Waals surface area contributed by atoms with Crippen molar-refractivity contribution in [2.45, 2.75) is 12.3 Å². The largest absolute Gasteiger partial charge is 0.103 e. The maximum Gasteiger partial charge on any atom is 0.00618 e. The molecular formula is C20H18. The van der Waals surface area contributed by atoms with Gasteiger partial charge in [-0.15, -0.1) is 6.58 Å². The normalized spacial score (nSPS) is 18.8. The predicted octanol–water partition coefficient (Wildman–Crippen LogP) is 5.46. The Hall–Kier alpha value is -2.34. The van der Waals surface area contributed by atoms with E-state index in [1.165, 1.54) is 22.3 Å². The zero-order valence-electron chi connectivity index (χ0n) is 11.5. The minimum Gasteiger partial charge on any atom is -0.103 e. The van der Waals surface area contributed by atoms with Crippen LogP contribution in [0.1, 0.15) is 29.0 Å². The molecule has 0 fully saturated rings.